The summed E-state index contributed by atoms with van der Waals surface area (Å²) in [7, 11) is 0. The molecule has 4 nitrogen and oxygen atoms in total. The van der Waals surface area contributed by atoms with Crippen molar-refractivity contribution in [3.8, 4) is 0 Å². The Labute approximate surface area is 284 Å². The second-order valence-electron chi connectivity index (χ2n) is 17.4. The molecule has 9 atom stereocenters. The van der Waals surface area contributed by atoms with E-state index in [4.69, 9.17) is 0 Å². The average Bonchev–Trinajstić information content (AvgIpc) is 3.39. The van der Waals surface area contributed by atoms with Crippen LogP contribution in [0.4, 0.5) is 0 Å². The first kappa shape index (κ1) is 34.3. The number of benzene rings is 1. The lowest BCUT2D eigenvalue weighted by Gasteiger charge is -2.72. The van der Waals surface area contributed by atoms with Crippen molar-refractivity contribution in [1.82, 2.24) is 10.0 Å². The Kier molecular flexibility index (Phi) is 9.25. The highest BCUT2D eigenvalue weighted by Gasteiger charge is 2.70. The zero-order valence-corrected chi connectivity index (χ0v) is 30.8. The van der Waals surface area contributed by atoms with E-state index in [2.05, 4.69) is 71.2 Å². The number of rotatable bonds is 10. The molecule has 5 aliphatic rings. The molecule has 6 rings (SSSR count). The van der Waals surface area contributed by atoms with Crippen LogP contribution in [0, 0.1) is 51.2 Å². The molecule has 0 aliphatic heterocycles. The van der Waals surface area contributed by atoms with Gasteiger partial charge < -0.3 is 10.4 Å². The van der Waals surface area contributed by atoms with Crippen molar-refractivity contribution in [3.05, 3.63) is 53.6 Å². The van der Waals surface area contributed by atoms with Gasteiger partial charge in [-0.1, -0.05) is 83.9 Å². The highest BCUT2D eigenvalue weighted by molar-refractivity contribution is 7.97. The van der Waals surface area contributed by atoms with Crippen LogP contribution in [0.5, 0.6) is 0 Å². The molecule has 0 heterocycles. The van der Waals surface area contributed by atoms with Gasteiger partial charge in [-0.05, 0) is 146 Å². The SMILES string of the molecule is C=C(C)C1CCC2(NCCNSCCC)CCC3(C)C(CCC4C5(C)CC=C(c6ccc(C(=O)O)cc6)C(C)(C)C5CCC43C)C12. The summed E-state index contributed by atoms with van der Waals surface area (Å²) in [6.45, 7) is 24.4. The first-order valence-electron chi connectivity index (χ1n) is 18.5. The number of carboxylic acids is 1. The molecule has 5 heteroatoms. The van der Waals surface area contributed by atoms with Crippen molar-refractivity contribution in [1.29, 1.82) is 0 Å². The zero-order valence-electron chi connectivity index (χ0n) is 29.9. The standard InChI is InChI=1S/C41H62N2O2S/c1-9-26-46-43-25-24-42-41-21-16-30(27(2)3)35(41)32-14-15-34-38(6)19-17-31(28-10-12-29(13-11-28)36(44)45)37(4,5)33(38)18-20-40(34,8)39(32,7)22-23-41/h10-13,17,30,32-35,42-43H,2,9,14-16,18-26H2,1,3-8H3,(H,44,45). The van der Waals surface area contributed by atoms with Gasteiger partial charge in [0.1, 0.15) is 0 Å². The molecule has 0 aromatic heterocycles. The first-order chi connectivity index (χ1) is 21.7. The summed E-state index contributed by atoms with van der Waals surface area (Å²) >= 11 is 1.88. The monoisotopic (exact) mass is 646 g/mol. The average molecular weight is 647 g/mol. The summed E-state index contributed by atoms with van der Waals surface area (Å²) in [5.74, 6) is 3.74. The van der Waals surface area contributed by atoms with Gasteiger partial charge in [0.15, 0.2) is 0 Å². The van der Waals surface area contributed by atoms with Crippen molar-refractivity contribution in [2.24, 2.45) is 51.2 Å². The van der Waals surface area contributed by atoms with Gasteiger partial charge in [-0.3, -0.25) is 4.72 Å². The Bertz CT molecular complexity index is 1350. The quantitative estimate of drug-likeness (QED) is 0.134. The summed E-state index contributed by atoms with van der Waals surface area (Å²) < 4.78 is 3.61. The highest BCUT2D eigenvalue weighted by atomic mass is 32.2. The minimum Gasteiger partial charge on any atom is -0.478 e. The van der Waals surface area contributed by atoms with E-state index >= 15 is 0 Å². The van der Waals surface area contributed by atoms with Crippen molar-refractivity contribution in [2.75, 3.05) is 18.8 Å². The van der Waals surface area contributed by atoms with E-state index in [0.29, 0.717) is 34.1 Å². The fraction of sp³-hybridized carbons (Fsp3) is 0.732. The smallest absolute Gasteiger partial charge is 0.335 e. The summed E-state index contributed by atoms with van der Waals surface area (Å²) in [5, 5.41) is 13.7. The number of allylic oxidation sites excluding steroid dienone is 3. The van der Waals surface area contributed by atoms with E-state index in [1.807, 2.05) is 24.1 Å². The summed E-state index contributed by atoms with van der Waals surface area (Å²) in [4.78, 5) is 11.5. The molecule has 0 spiro atoms. The number of carbonyl (C=O) groups is 1. The van der Waals surface area contributed by atoms with E-state index in [1.165, 1.54) is 80.2 Å². The number of nitrogens with one attached hydrogen (secondary N) is 2. The van der Waals surface area contributed by atoms with Gasteiger partial charge in [0.05, 0.1) is 5.56 Å². The largest absolute Gasteiger partial charge is 0.478 e. The van der Waals surface area contributed by atoms with Gasteiger partial charge in [0, 0.05) is 24.4 Å². The molecule has 254 valence electrons. The Hall–Kier alpha value is -1.56. The first-order valence-corrected chi connectivity index (χ1v) is 19.5. The van der Waals surface area contributed by atoms with Gasteiger partial charge in [-0.2, -0.15) is 0 Å². The van der Waals surface area contributed by atoms with Crippen molar-refractivity contribution in [3.63, 3.8) is 0 Å². The number of aromatic carboxylic acids is 1. The van der Waals surface area contributed by atoms with Crippen LogP contribution in [0.15, 0.2) is 42.5 Å². The van der Waals surface area contributed by atoms with Crippen LogP contribution in [-0.2, 0) is 0 Å². The minimum absolute atomic E-state index is 0.0441. The van der Waals surface area contributed by atoms with E-state index < -0.39 is 5.97 Å². The maximum Gasteiger partial charge on any atom is 0.335 e. The van der Waals surface area contributed by atoms with Gasteiger partial charge in [0.25, 0.3) is 0 Å². The Morgan fingerprint density at radius 2 is 1.67 bits per heavy atom. The van der Waals surface area contributed by atoms with E-state index in [9.17, 15) is 9.90 Å². The molecule has 1 aromatic carbocycles. The predicted octanol–water partition coefficient (Wildman–Crippen LogP) is 10.0. The highest BCUT2D eigenvalue weighted by Crippen LogP contribution is 2.76. The van der Waals surface area contributed by atoms with E-state index in [0.717, 1.165) is 31.3 Å². The lowest BCUT2D eigenvalue weighted by Crippen LogP contribution is -2.68. The fourth-order valence-electron chi connectivity index (χ4n) is 13.0. The molecule has 5 aliphatic carbocycles. The molecule has 0 saturated heterocycles. The Morgan fingerprint density at radius 3 is 2.35 bits per heavy atom. The van der Waals surface area contributed by atoms with Crippen LogP contribution in [0.1, 0.15) is 129 Å². The molecule has 0 amide bonds. The van der Waals surface area contributed by atoms with E-state index in [-0.39, 0.29) is 16.4 Å². The maximum absolute atomic E-state index is 11.5. The summed E-state index contributed by atoms with van der Waals surface area (Å²) in [6.07, 6.45) is 15.5. The molecular formula is C41H62N2O2S. The number of carboxylic acid groups (broad SMARTS) is 1. The number of fused-ring (bicyclic) bond motifs is 7. The molecular weight excluding hydrogens is 585 g/mol. The fourth-order valence-corrected chi connectivity index (χ4v) is 13.5. The molecule has 4 fully saturated rings. The third-order valence-electron chi connectivity index (χ3n) is 15.2. The van der Waals surface area contributed by atoms with Gasteiger partial charge >= 0.3 is 5.97 Å². The molecule has 0 bridgehead atoms. The van der Waals surface area contributed by atoms with Crippen molar-refractivity contribution >= 4 is 23.5 Å². The molecule has 0 radical (unpaired) electrons. The third-order valence-corrected chi connectivity index (χ3v) is 16.2. The lowest BCUT2D eigenvalue weighted by molar-refractivity contribution is -0.219. The molecule has 1 aromatic rings. The topological polar surface area (TPSA) is 61.4 Å². The van der Waals surface area contributed by atoms with Gasteiger partial charge in [0.2, 0.25) is 0 Å². The Balaban J connectivity index is 1.28. The lowest BCUT2D eigenvalue weighted by atomic mass is 9.33. The van der Waals surface area contributed by atoms with E-state index in [1.54, 1.807) is 12.1 Å². The molecule has 46 heavy (non-hydrogen) atoms. The number of hydrogen-bond acceptors (Lipinski definition) is 4. The second-order valence-corrected chi connectivity index (χ2v) is 18.4. The van der Waals surface area contributed by atoms with Crippen molar-refractivity contribution in [2.45, 2.75) is 118 Å². The predicted molar refractivity (Wildman–Crippen MR) is 195 cm³/mol. The normalized spacial score (nSPS) is 41.0. The molecule has 9 unspecified atom stereocenters. The van der Waals surface area contributed by atoms with Crippen LogP contribution in [0.3, 0.4) is 0 Å². The molecule has 3 N–H and O–H groups in total. The number of hydrogen-bond donors (Lipinski definition) is 3. The summed E-state index contributed by atoms with van der Waals surface area (Å²) in [6, 6.07) is 7.65. The summed E-state index contributed by atoms with van der Waals surface area (Å²) in [5.41, 5.74) is 5.65. The van der Waals surface area contributed by atoms with Gasteiger partial charge in [-0.15, -0.1) is 0 Å². The third kappa shape index (κ3) is 5.20. The van der Waals surface area contributed by atoms with Crippen molar-refractivity contribution < 1.29 is 9.90 Å². The van der Waals surface area contributed by atoms with Gasteiger partial charge in [-0.25, -0.2) is 4.79 Å². The minimum atomic E-state index is -0.854. The van der Waals surface area contributed by atoms with Crippen LogP contribution >= 0.6 is 11.9 Å². The van der Waals surface area contributed by atoms with Crippen LogP contribution < -0.4 is 10.0 Å². The van der Waals surface area contributed by atoms with Crippen LogP contribution in [0.25, 0.3) is 5.57 Å². The van der Waals surface area contributed by atoms with Crippen LogP contribution in [0.2, 0.25) is 0 Å². The second kappa shape index (κ2) is 12.4. The zero-order chi connectivity index (χ0) is 33.1. The maximum atomic E-state index is 11.5. The Morgan fingerprint density at radius 1 is 0.935 bits per heavy atom. The molecule has 4 saturated carbocycles. The van der Waals surface area contributed by atoms with Crippen LogP contribution in [-0.4, -0.2) is 35.5 Å².